The Hall–Kier alpha value is -2.33. The van der Waals surface area contributed by atoms with Crippen LogP contribution in [0.15, 0.2) is 28.7 Å². The molecule has 130 valence electrons. The molecule has 1 aromatic heterocycles. The van der Waals surface area contributed by atoms with E-state index < -0.39 is 5.97 Å². The highest BCUT2D eigenvalue weighted by atomic mass is 79.9. The maximum Gasteiger partial charge on any atom is 0.306 e. The van der Waals surface area contributed by atoms with Gasteiger partial charge in [-0.05, 0) is 37.3 Å². The Morgan fingerprint density at radius 3 is 2.76 bits per heavy atom. The third kappa shape index (κ3) is 3.69. The minimum atomic E-state index is -0.730. The van der Waals surface area contributed by atoms with Crippen LogP contribution in [0, 0.1) is 23.2 Å². The number of carboxylic acids is 1. The number of carbonyl (C=O) groups is 1. The number of nitrogens with two attached hydrogens (primary N) is 1. The molecule has 7 heteroatoms. The molecule has 1 aliphatic carbocycles. The van der Waals surface area contributed by atoms with Crippen molar-refractivity contribution >= 4 is 27.7 Å². The number of halogens is 1. The van der Waals surface area contributed by atoms with Crippen molar-refractivity contribution in [1.82, 2.24) is 9.78 Å². The SMILES string of the molecule is N#Cc1c(-c2ccc(Br)cc2)nn(CC2CCCC(C(=O)O)C2)c1N. The van der Waals surface area contributed by atoms with Crippen molar-refractivity contribution in [2.75, 3.05) is 5.73 Å². The van der Waals surface area contributed by atoms with Crippen LogP contribution in [0.25, 0.3) is 11.3 Å². The second-order valence-corrected chi connectivity index (χ2v) is 7.39. The number of hydrogen-bond acceptors (Lipinski definition) is 4. The lowest BCUT2D eigenvalue weighted by Gasteiger charge is -2.26. The summed E-state index contributed by atoms with van der Waals surface area (Å²) in [4.78, 5) is 11.2. The van der Waals surface area contributed by atoms with E-state index in [0.29, 0.717) is 30.0 Å². The van der Waals surface area contributed by atoms with Gasteiger partial charge in [-0.25, -0.2) is 4.68 Å². The minimum absolute atomic E-state index is 0.210. The zero-order valence-corrected chi connectivity index (χ0v) is 15.2. The molecule has 0 saturated heterocycles. The summed E-state index contributed by atoms with van der Waals surface area (Å²) < 4.78 is 2.61. The van der Waals surface area contributed by atoms with E-state index in [-0.39, 0.29) is 11.8 Å². The van der Waals surface area contributed by atoms with Gasteiger partial charge in [0.25, 0.3) is 0 Å². The van der Waals surface area contributed by atoms with Gasteiger partial charge >= 0.3 is 5.97 Å². The predicted octanol–water partition coefficient (Wildman–Crippen LogP) is 3.66. The average Bonchev–Trinajstić information content (AvgIpc) is 2.91. The number of nitrogen functional groups attached to an aromatic ring is 1. The quantitative estimate of drug-likeness (QED) is 0.811. The normalized spacial score (nSPS) is 20.2. The van der Waals surface area contributed by atoms with Gasteiger partial charge in [-0.15, -0.1) is 0 Å². The van der Waals surface area contributed by atoms with Crippen molar-refractivity contribution in [2.24, 2.45) is 11.8 Å². The molecule has 0 bridgehead atoms. The zero-order chi connectivity index (χ0) is 18.0. The summed E-state index contributed by atoms with van der Waals surface area (Å²) >= 11 is 3.39. The molecular formula is C18H19BrN4O2. The Labute approximate surface area is 154 Å². The van der Waals surface area contributed by atoms with Crippen molar-refractivity contribution in [3.63, 3.8) is 0 Å². The molecule has 2 aromatic rings. The highest BCUT2D eigenvalue weighted by Crippen LogP contribution is 2.33. The van der Waals surface area contributed by atoms with Crippen LogP contribution < -0.4 is 5.73 Å². The lowest BCUT2D eigenvalue weighted by molar-refractivity contribution is -0.143. The van der Waals surface area contributed by atoms with Crippen LogP contribution in [0.1, 0.15) is 31.2 Å². The first-order valence-electron chi connectivity index (χ1n) is 8.24. The molecule has 1 heterocycles. The fourth-order valence-electron chi connectivity index (χ4n) is 3.46. The van der Waals surface area contributed by atoms with Gasteiger partial charge in [0.1, 0.15) is 23.1 Å². The van der Waals surface area contributed by atoms with Crippen LogP contribution in [0.5, 0.6) is 0 Å². The van der Waals surface area contributed by atoms with Gasteiger partial charge in [0.05, 0.1) is 5.92 Å². The Morgan fingerprint density at radius 1 is 1.40 bits per heavy atom. The Morgan fingerprint density at radius 2 is 2.12 bits per heavy atom. The van der Waals surface area contributed by atoms with Crippen LogP contribution in [-0.2, 0) is 11.3 Å². The number of rotatable bonds is 4. The van der Waals surface area contributed by atoms with E-state index in [4.69, 9.17) is 5.73 Å². The fraction of sp³-hybridized carbons (Fsp3) is 0.389. The minimum Gasteiger partial charge on any atom is -0.481 e. The fourth-order valence-corrected chi connectivity index (χ4v) is 3.72. The molecule has 0 aliphatic heterocycles. The largest absolute Gasteiger partial charge is 0.481 e. The topological polar surface area (TPSA) is 105 Å². The van der Waals surface area contributed by atoms with Gasteiger partial charge in [-0.2, -0.15) is 10.4 Å². The predicted molar refractivity (Wildman–Crippen MR) is 97.6 cm³/mol. The van der Waals surface area contributed by atoms with Crippen LogP contribution in [0.3, 0.4) is 0 Å². The van der Waals surface area contributed by atoms with Crippen molar-refractivity contribution < 1.29 is 9.90 Å². The molecule has 3 N–H and O–H groups in total. The Balaban J connectivity index is 1.86. The van der Waals surface area contributed by atoms with Gasteiger partial charge in [0.2, 0.25) is 0 Å². The van der Waals surface area contributed by atoms with Crippen LogP contribution in [0.2, 0.25) is 0 Å². The molecule has 25 heavy (non-hydrogen) atoms. The van der Waals surface area contributed by atoms with E-state index in [1.807, 2.05) is 24.3 Å². The molecule has 2 unspecified atom stereocenters. The standard InChI is InChI=1S/C18H19BrN4O2/c19-14-6-4-12(5-7-14)16-15(9-20)17(21)23(22-16)10-11-2-1-3-13(8-11)18(24)25/h4-7,11,13H,1-3,8,10,21H2,(H,24,25). The lowest BCUT2D eigenvalue weighted by atomic mass is 9.81. The smallest absolute Gasteiger partial charge is 0.306 e. The first-order chi connectivity index (χ1) is 12.0. The van der Waals surface area contributed by atoms with E-state index in [9.17, 15) is 15.2 Å². The van der Waals surface area contributed by atoms with Gasteiger partial charge in [0.15, 0.2) is 0 Å². The van der Waals surface area contributed by atoms with E-state index in [1.165, 1.54) is 0 Å². The maximum atomic E-state index is 11.2. The summed E-state index contributed by atoms with van der Waals surface area (Å²) in [5, 5.41) is 23.3. The summed E-state index contributed by atoms with van der Waals surface area (Å²) in [6.07, 6.45) is 3.21. The van der Waals surface area contributed by atoms with Gasteiger partial charge in [-0.3, -0.25) is 4.79 Å². The summed E-state index contributed by atoms with van der Waals surface area (Å²) in [5.74, 6) is -0.470. The Bertz CT molecular complexity index is 823. The highest BCUT2D eigenvalue weighted by Gasteiger charge is 2.28. The number of nitrogens with zero attached hydrogens (tertiary/aromatic N) is 3. The molecular weight excluding hydrogens is 384 g/mol. The molecule has 0 spiro atoms. The summed E-state index contributed by atoms with van der Waals surface area (Å²) in [7, 11) is 0. The van der Waals surface area contributed by atoms with Gasteiger partial charge < -0.3 is 10.8 Å². The molecule has 1 aliphatic rings. The molecule has 1 saturated carbocycles. The van der Waals surface area contributed by atoms with E-state index >= 15 is 0 Å². The number of hydrogen-bond donors (Lipinski definition) is 2. The zero-order valence-electron chi connectivity index (χ0n) is 13.7. The lowest BCUT2D eigenvalue weighted by Crippen LogP contribution is -2.25. The molecule has 2 atom stereocenters. The van der Waals surface area contributed by atoms with Crippen LogP contribution >= 0.6 is 15.9 Å². The second kappa shape index (κ2) is 7.28. The second-order valence-electron chi connectivity index (χ2n) is 6.48. The number of aliphatic carboxylic acids is 1. The number of aromatic nitrogens is 2. The van der Waals surface area contributed by atoms with E-state index in [2.05, 4.69) is 27.1 Å². The third-order valence-electron chi connectivity index (χ3n) is 4.78. The van der Waals surface area contributed by atoms with Crippen molar-refractivity contribution in [2.45, 2.75) is 32.2 Å². The first kappa shape index (κ1) is 17.5. The summed E-state index contributed by atoms with van der Waals surface area (Å²) in [6, 6.07) is 9.71. The number of nitriles is 1. The molecule has 0 radical (unpaired) electrons. The van der Waals surface area contributed by atoms with Crippen molar-refractivity contribution in [1.29, 1.82) is 5.26 Å². The van der Waals surface area contributed by atoms with Crippen molar-refractivity contribution in [3.05, 3.63) is 34.3 Å². The summed E-state index contributed by atoms with van der Waals surface area (Å²) in [6.45, 7) is 0.542. The Kier molecular flexibility index (Phi) is 5.09. The van der Waals surface area contributed by atoms with Crippen molar-refractivity contribution in [3.8, 4) is 17.3 Å². The molecule has 6 nitrogen and oxygen atoms in total. The van der Waals surface area contributed by atoms with E-state index in [0.717, 1.165) is 29.3 Å². The third-order valence-corrected chi connectivity index (χ3v) is 5.31. The van der Waals surface area contributed by atoms with Gasteiger partial charge in [0, 0.05) is 16.6 Å². The molecule has 1 fully saturated rings. The molecule has 3 rings (SSSR count). The van der Waals surface area contributed by atoms with Gasteiger partial charge in [-0.1, -0.05) is 34.5 Å². The van der Waals surface area contributed by atoms with Crippen LogP contribution in [0.4, 0.5) is 5.82 Å². The average molecular weight is 403 g/mol. The van der Waals surface area contributed by atoms with E-state index in [1.54, 1.807) is 4.68 Å². The summed E-state index contributed by atoms with van der Waals surface area (Å²) in [5.41, 5.74) is 7.91. The monoisotopic (exact) mass is 402 g/mol. The number of carboxylic acid groups (broad SMARTS) is 1. The number of anilines is 1. The van der Waals surface area contributed by atoms with Crippen LogP contribution in [-0.4, -0.2) is 20.9 Å². The maximum absolute atomic E-state index is 11.2. The number of benzene rings is 1. The molecule has 0 amide bonds. The highest BCUT2D eigenvalue weighted by molar-refractivity contribution is 9.10. The first-order valence-corrected chi connectivity index (χ1v) is 9.04. The molecule has 1 aromatic carbocycles.